The Hall–Kier alpha value is -2.49. The van der Waals surface area contributed by atoms with Gasteiger partial charge in [0, 0.05) is 12.3 Å². The second-order valence-corrected chi connectivity index (χ2v) is 7.18. The van der Waals surface area contributed by atoms with Crippen LogP contribution in [0.15, 0.2) is 47.6 Å². The maximum Gasteiger partial charge on any atom is 0.214 e. The van der Waals surface area contributed by atoms with Crippen molar-refractivity contribution >= 4 is 24.2 Å². The number of rotatable bonds is 11. The first-order valence-corrected chi connectivity index (χ1v) is 10.2. The molecule has 0 bridgehead atoms. The molecule has 10 heteroatoms. The molecule has 0 radical (unpaired) electrons. The van der Waals surface area contributed by atoms with E-state index in [1.54, 1.807) is 37.8 Å². The van der Waals surface area contributed by atoms with E-state index in [-0.39, 0.29) is 12.4 Å². The van der Waals surface area contributed by atoms with Crippen LogP contribution in [-0.2, 0) is 6.54 Å². The number of tetrazole rings is 1. The summed E-state index contributed by atoms with van der Waals surface area (Å²) in [7, 11) is 4.84. The third kappa shape index (κ3) is 6.01. The fourth-order valence-electron chi connectivity index (χ4n) is 2.83. The van der Waals surface area contributed by atoms with E-state index in [4.69, 9.17) is 14.2 Å². The van der Waals surface area contributed by atoms with Gasteiger partial charge in [0.1, 0.15) is 0 Å². The zero-order valence-electron chi connectivity index (χ0n) is 17.2. The van der Waals surface area contributed by atoms with Gasteiger partial charge in [0.05, 0.1) is 27.0 Å². The molecule has 0 saturated carbocycles. The van der Waals surface area contributed by atoms with Crippen molar-refractivity contribution in [2.24, 2.45) is 0 Å². The van der Waals surface area contributed by atoms with Gasteiger partial charge in [-0.15, -0.1) is 17.5 Å². The Balaban J connectivity index is 0.00000320. The second-order valence-electron chi connectivity index (χ2n) is 6.12. The number of hydrogen-bond acceptors (Lipinski definition) is 8. The van der Waals surface area contributed by atoms with Crippen LogP contribution in [0, 0.1) is 0 Å². The third-order valence-electron chi connectivity index (χ3n) is 4.22. The van der Waals surface area contributed by atoms with E-state index >= 15 is 0 Å². The molecule has 0 spiro atoms. The molecule has 1 N–H and O–H groups in total. The van der Waals surface area contributed by atoms with Crippen molar-refractivity contribution in [3.63, 3.8) is 0 Å². The van der Waals surface area contributed by atoms with E-state index in [0.717, 1.165) is 35.1 Å². The summed E-state index contributed by atoms with van der Waals surface area (Å²) in [4.78, 5) is 0. The van der Waals surface area contributed by atoms with Crippen molar-refractivity contribution in [2.45, 2.75) is 18.1 Å². The molecular weight excluding hydrogens is 426 g/mol. The van der Waals surface area contributed by atoms with Gasteiger partial charge in [-0.2, -0.15) is 4.68 Å². The topological polar surface area (TPSA) is 83.3 Å². The van der Waals surface area contributed by atoms with Crippen LogP contribution in [0.5, 0.6) is 17.2 Å². The Bertz CT molecular complexity index is 885. The number of thioether (sulfide) groups is 1. The molecule has 0 amide bonds. The molecule has 1 aromatic heterocycles. The first kappa shape index (κ1) is 23.8. The first-order chi connectivity index (χ1) is 14.3. The number of ether oxygens (including phenoxy) is 3. The molecule has 30 heavy (non-hydrogen) atoms. The molecule has 3 aromatic rings. The van der Waals surface area contributed by atoms with E-state index in [2.05, 4.69) is 20.8 Å². The van der Waals surface area contributed by atoms with Crippen LogP contribution in [0.3, 0.4) is 0 Å². The van der Waals surface area contributed by atoms with Gasteiger partial charge in [0.15, 0.2) is 11.5 Å². The quantitative estimate of drug-likeness (QED) is 0.351. The van der Waals surface area contributed by atoms with Crippen LogP contribution in [0.1, 0.15) is 12.0 Å². The van der Waals surface area contributed by atoms with Crippen LogP contribution in [-0.4, -0.2) is 53.8 Å². The molecule has 1 heterocycles. The number of benzene rings is 2. The highest BCUT2D eigenvalue weighted by Crippen LogP contribution is 2.38. The Kier molecular flexibility index (Phi) is 9.72. The molecule has 0 aliphatic heterocycles. The van der Waals surface area contributed by atoms with Gasteiger partial charge >= 0.3 is 0 Å². The fraction of sp³-hybridized carbons (Fsp3) is 0.350. The van der Waals surface area contributed by atoms with Gasteiger partial charge in [-0.05, 0) is 53.2 Å². The maximum absolute atomic E-state index is 5.40. The summed E-state index contributed by atoms with van der Waals surface area (Å²) in [5, 5.41) is 16.2. The summed E-state index contributed by atoms with van der Waals surface area (Å²) < 4.78 is 17.9. The standard InChI is InChI=1S/C20H25N5O3S.ClH/c1-26-17-12-15(13-18(27-2)19(17)28-3)14-21-10-7-11-29-20-22-23-24-25(20)16-8-5-4-6-9-16;/h4-6,8-9,12-13,21H,7,10-11,14H2,1-3H3;1H. The normalized spacial score (nSPS) is 10.4. The Morgan fingerprint density at radius 2 is 1.70 bits per heavy atom. The number of halogens is 1. The predicted molar refractivity (Wildman–Crippen MR) is 120 cm³/mol. The van der Waals surface area contributed by atoms with Crippen molar-refractivity contribution in [3.05, 3.63) is 48.0 Å². The maximum atomic E-state index is 5.40. The van der Waals surface area contributed by atoms with Crippen molar-refractivity contribution in [3.8, 4) is 22.9 Å². The third-order valence-corrected chi connectivity index (χ3v) is 5.23. The number of nitrogens with one attached hydrogen (secondary N) is 1. The Morgan fingerprint density at radius 1 is 1.00 bits per heavy atom. The van der Waals surface area contributed by atoms with Gasteiger partial charge < -0.3 is 19.5 Å². The lowest BCUT2D eigenvalue weighted by Gasteiger charge is -2.14. The molecular formula is C20H26ClN5O3S. The van der Waals surface area contributed by atoms with Gasteiger partial charge in [-0.3, -0.25) is 0 Å². The lowest BCUT2D eigenvalue weighted by Crippen LogP contribution is -2.15. The average Bonchev–Trinajstić information content (AvgIpc) is 3.24. The van der Waals surface area contributed by atoms with Crippen LogP contribution in [0.4, 0.5) is 0 Å². The smallest absolute Gasteiger partial charge is 0.214 e. The Morgan fingerprint density at radius 3 is 2.33 bits per heavy atom. The zero-order chi connectivity index (χ0) is 20.5. The number of methoxy groups -OCH3 is 3. The number of nitrogens with zero attached hydrogens (tertiary/aromatic N) is 4. The van der Waals surface area contributed by atoms with Crippen molar-refractivity contribution < 1.29 is 14.2 Å². The SMILES string of the molecule is COc1cc(CNCCCSc2nnnn2-c2ccccc2)cc(OC)c1OC.Cl. The van der Waals surface area contributed by atoms with Crippen LogP contribution in [0.25, 0.3) is 5.69 Å². The van der Waals surface area contributed by atoms with Crippen LogP contribution in [0.2, 0.25) is 0 Å². The largest absolute Gasteiger partial charge is 0.493 e. The second kappa shape index (κ2) is 12.3. The molecule has 0 fully saturated rings. The lowest BCUT2D eigenvalue weighted by molar-refractivity contribution is 0.323. The number of hydrogen-bond donors (Lipinski definition) is 1. The summed E-state index contributed by atoms with van der Waals surface area (Å²) in [5.74, 6) is 2.83. The minimum atomic E-state index is 0. The molecule has 3 rings (SSSR count). The van der Waals surface area contributed by atoms with Gasteiger partial charge in [-0.25, -0.2) is 0 Å². The van der Waals surface area contributed by atoms with Gasteiger partial charge in [0.25, 0.3) is 0 Å². The Labute approximate surface area is 186 Å². The summed E-state index contributed by atoms with van der Waals surface area (Å²) in [6.07, 6.45) is 0.983. The van der Waals surface area contributed by atoms with E-state index < -0.39 is 0 Å². The molecule has 0 saturated heterocycles. The van der Waals surface area contributed by atoms with Crippen molar-refractivity contribution in [1.82, 2.24) is 25.5 Å². The van der Waals surface area contributed by atoms with Crippen molar-refractivity contribution in [1.29, 1.82) is 0 Å². The monoisotopic (exact) mass is 451 g/mol. The molecule has 0 unspecified atom stereocenters. The number of para-hydroxylation sites is 1. The summed E-state index contributed by atoms with van der Waals surface area (Å²) in [6, 6.07) is 13.8. The molecule has 0 atom stereocenters. The number of aromatic nitrogens is 4. The summed E-state index contributed by atoms with van der Waals surface area (Å²) in [5.41, 5.74) is 2.03. The lowest BCUT2D eigenvalue weighted by atomic mass is 10.1. The zero-order valence-corrected chi connectivity index (χ0v) is 18.8. The van der Waals surface area contributed by atoms with Crippen LogP contribution < -0.4 is 19.5 Å². The molecule has 2 aromatic carbocycles. The van der Waals surface area contributed by atoms with E-state index in [0.29, 0.717) is 23.8 Å². The fourth-order valence-corrected chi connectivity index (χ4v) is 3.66. The van der Waals surface area contributed by atoms with Gasteiger partial charge in [-0.1, -0.05) is 30.0 Å². The minimum absolute atomic E-state index is 0. The highest BCUT2D eigenvalue weighted by Gasteiger charge is 2.13. The minimum Gasteiger partial charge on any atom is -0.493 e. The first-order valence-electron chi connectivity index (χ1n) is 9.23. The highest BCUT2D eigenvalue weighted by atomic mass is 35.5. The predicted octanol–water partition coefficient (Wildman–Crippen LogP) is 3.38. The van der Waals surface area contributed by atoms with Crippen molar-refractivity contribution in [2.75, 3.05) is 33.6 Å². The van der Waals surface area contributed by atoms with E-state index in [1.807, 2.05) is 42.5 Å². The average molecular weight is 452 g/mol. The molecule has 0 aliphatic carbocycles. The van der Waals surface area contributed by atoms with E-state index in [1.165, 1.54) is 0 Å². The molecule has 8 nitrogen and oxygen atoms in total. The van der Waals surface area contributed by atoms with Gasteiger partial charge in [0.2, 0.25) is 10.9 Å². The summed E-state index contributed by atoms with van der Waals surface area (Å²) >= 11 is 1.64. The molecule has 0 aliphatic rings. The summed E-state index contributed by atoms with van der Waals surface area (Å²) in [6.45, 7) is 1.58. The van der Waals surface area contributed by atoms with E-state index in [9.17, 15) is 0 Å². The highest BCUT2D eigenvalue weighted by molar-refractivity contribution is 7.99. The van der Waals surface area contributed by atoms with Crippen LogP contribution >= 0.6 is 24.2 Å². The molecule has 162 valence electrons.